The summed E-state index contributed by atoms with van der Waals surface area (Å²) in [6.07, 6.45) is 2.64. The van der Waals surface area contributed by atoms with E-state index in [1.165, 1.54) is 15.6 Å². The van der Waals surface area contributed by atoms with Gasteiger partial charge in [-0.1, -0.05) is 19.9 Å². The van der Waals surface area contributed by atoms with E-state index in [1.807, 2.05) is 13.8 Å². The van der Waals surface area contributed by atoms with Gasteiger partial charge in [0.25, 0.3) is 5.91 Å². The van der Waals surface area contributed by atoms with Gasteiger partial charge in [0, 0.05) is 19.0 Å². The predicted molar refractivity (Wildman–Crippen MR) is 128 cm³/mol. The topological polar surface area (TPSA) is 147 Å². The van der Waals surface area contributed by atoms with Crippen LogP contribution in [-0.4, -0.2) is 71.2 Å². The molecule has 2 aromatic heterocycles. The maximum atomic E-state index is 13.1. The zero-order valence-corrected chi connectivity index (χ0v) is 20.6. The molecule has 1 unspecified atom stereocenters. The number of hydrogen-bond acceptors (Lipinski definition) is 7. The number of rotatable bonds is 4. The van der Waals surface area contributed by atoms with E-state index in [0.717, 1.165) is 0 Å². The number of sulfone groups is 1. The third kappa shape index (κ3) is 4.13. The number of pyridine rings is 1. The lowest BCUT2D eigenvalue weighted by atomic mass is 9.92. The second-order valence-corrected chi connectivity index (χ2v) is 12.3. The van der Waals surface area contributed by atoms with Crippen LogP contribution >= 0.6 is 0 Å². The van der Waals surface area contributed by atoms with Gasteiger partial charge in [0.15, 0.2) is 15.7 Å². The number of nitrogens with zero attached hydrogens (tertiary/aromatic N) is 5. The Hall–Kier alpha value is -3.48. The average Bonchev–Trinajstić information content (AvgIpc) is 3.47. The van der Waals surface area contributed by atoms with Gasteiger partial charge in [-0.15, -0.1) is 0 Å². The van der Waals surface area contributed by atoms with Gasteiger partial charge in [0.2, 0.25) is 5.91 Å². The van der Waals surface area contributed by atoms with Gasteiger partial charge >= 0.3 is 6.03 Å². The second kappa shape index (κ2) is 7.77. The summed E-state index contributed by atoms with van der Waals surface area (Å²) in [5, 5.41) is 9.95. The lowest BCUT2D eigenvalue weighted by molar-refractivity contribution is -0.124. The molecule has 1 atom stereocenters. The van der Waals surface area contributed by atoms with E-state index in [0.29, 0.717) is 30.9 Å². The maximum absolute atomic E-state index is 13.1. The van der Waals surface area contributed by atoms with Crippen molar-refractivity contribution in [2.45, 2.75) is 32.2 Å². The van der Waals surface area contributed by atoms with Crippen LogP contribution in [0.3, 0.4) is 0 Å². The van der Waals surface area contributed by atoms with E-state index in [1.54, 1.807) is 30.3 Å². The SMILES string of the molecule is Cn1cc(NC(=O)c2cccc(N3CC4(CCS(=O)(=O)C4)NC3=O)n2)c(N2CCC(C)(C)C2=O)n1. The molecule has 2 aromatic rings. The van der Waals surface area contributed by atoms with Gasteiger partial charge in [-0.05, 0) is 25.0 Å². The first-order valence-electron chi connectivity index (χ1n) is 11.3. The number of carbonyl (C=O) groups excluding carboxylic acids is 3. The Balaban J connectivity index is 1.36. The molecule has 186 valence electrons. The lowest BCUT2D eigenvalue weighted by Gasteiger charge is -2.20. The Morgan fingerprint density at radius 3 is 2.60 bits per heavy atom. The lowest BCUT2D eigenvalue weighted by Crippen LogP contribution is -2.44. The van der Waals surface area contributed by atoms with Crippen molar-refractivity contribution in [3.05, 3.63) is 30.1 Å². The maximum Gasteiger partial charge on any atom is 0.323 e. The molecule has 0 aliphatic carbocycles. The van der Waals surface area contributed by atoms with Crippen LogP contribution in [-0.2, 0) is 21.7 Å². The van der Waals surface area contributed by atoms with Gasteiger partial charge in [0.1, 0.15) is 17.2 Å². The third-order valence-corrected chi connectivity index (χ3v) is 8.63. The summed E-state index contributed by atoms with van der Waals surface area (Å²) in [6, 6.07) is 4.27. The number of carbonyl (C=O) groups is 3. The van der Waals surface area contributed by atoms with E-state index in [-0.39, 0.29) is 35.5 Å². The van der Waals surface area contributed by atoms with Gasteiger partial charge in [0.05, 0.1) is 29.8 Å². The molecule has 2 N–H and O–H groups in total. The Bertz CT molecular complexity index is 1350. The minimum atomic E-state index is -3.21. The summed E-state index contributed by atoms with van der Waals surface area (Å²) < 4.78 is 25.5. The standard InChI is InChI=1S/C22H27N7O5S/c1-21(2)7-9-28(19(21)31)17-15(11-27(3)26-17)24-18(30)14-5-4-6-16(23-14)29-12-22(25-20(29)32)8-10-35(33,34)13-22/h4-6,11H,7-10,12-13H2,1-3H3,(H,24,30)(H,25,32). The molecule has 5 heterocycles. The van der Waals surface area contributed by atoms with Gasteiger partial charge in [-0.3, -0.25) is 24.1 Å². The monoisotopic (exact) mass is 501 g/mol. The molecule has 3 aliphatic rings. The van der Waals surface area contributed by atoms with Gasteiger partial charge in [-0.2, -0.15) is 5.10 Å². The number of hydrogen-bond donors (Lipinski definition) is 2. The molecular formula is C22H27N7O5S. The fourth-order valence-electron chi connectivity index (χ4n) is 4.85. The highest BCUT2D eigenvalue weighted by molar-refractivity contribution is 7.91. The van der Waals surface area contributed by atoms with Crippen LogP contribution in [0.2, 0.25) is 0 Å². The molecule has 0 aromatic carbocycles. The number of nitrogens with one attached hydrogen (secondary N) is 2. The zero-order valence-electron chi connectivity index (χ0n) is 19.7. The summed E-state index contributed by atoms with van der Waals surface area (Å²) in [5.74, 6) is -0.0473. The molecule has 0 saturated carbocycles. The molecule has 1 spiro atoms. The molecule has 3 aliphatic heterocycles. The largest absolute Gasteiger partial charge is 0.329 e. The van der Waals surface area contributed by atoms with Gasteiger partial charge in [-0.25, -0.2) is 18.2 Å². The van der Waals surface area contributed by atoms with Crippen molar-refractivity contribution in [2.75, 3.05) is 39.7 Å². The molecule has 12 nitrogen and oxygen atoms in total. The van der Waals surface area contributed by atoms with Crippen molar-refractivity contribution < 1.29 is 22.8 Å². The summed E-state index contributed by atoms with van der Waals surface area (Å²) in [7, 11) is -1.50. The highest BCUT2D eigenvalue weighted by Crippen LogP contribution is 2.36. The quantitative estimate of drug-likeness (QED) is 0.633. The molecule has 35 heavy (non-hydrogen) atoms. The second-order valence-electron chi connectivity index (χ2n) is 10.1. The highest BCUT2D eigenvalue weighted by Gasteiger charge is 2.50. The smallest absolute Gasteiger partial charge is 0.323 e. The Kier molecular flexibility index (Phi) is 5.16. The summed E-state index contributed by atoms with van der Waals surface area (Å²) in [5.41, 5.74) is -0.889. The van der Waals surface area contributed by atoms with E-state index in [2.05, 4.69) is 20.7 Å². The number of aromatic nitrogens is 3. The number of aryl methyl sites for hydroxylation is 1. The molecule has 5 rings (SSSR count). The molecule has 4 amide bonds. The minimum Gasteiger partial charge on any atom is -0.329 e. The predicted octanol–water partition coefficient (Wildman–Crippen LogP) is 0.917. The van der Waals surface area contributed by atoms with Crippen LogP contribution in [0.4, 0.5) is 22.1 Å². The van der Waals surface area contributed by atoms with Crippen LogP contribution in [0, 0.1) is 5.41 Å². The Morgan fingerprint density at radius 2 is 1.94 bits per heavy atom. The van der Waals surface area contributed by atoms with E-state index in [4.69, 9.17) is 0 Å². The fraction of sp³-hybridized carbons (Fsp3) is 0.500. The third-order valence-electron chi connectivity index (χ3n) is 6.81. The molecule has 0 radical (unpaired) electrons. The van der Waals surface area contributed by atoms with Crippen molar-refractivity contribution >= 4 is 45.0 Å². The van der Waals surface area contributed by atoms with E-state index in [9.17, 15) is 22.8 Å². The minimum absolute atomic E-state index is 0.0289. The van der Waals surface area contributed by atoms with Crippen molar-refractivity contribution in [3.8, 4) is 0 Å². The highest BCUT2D eigenvalue weighted by atomic mass is 32.2. The van der Waals surface area contributed by atoms with Crippen molar-refractivity contribution in [3.63, 3.8) is 0 Å². The van der Waals surface area contributed by atoms with Crippen LogP contribution in [0.1, 0.15) is 37.2 Å². The zero-order chi connectivity index (χ0) is 25.2. The molecule has 13 heteroatoms. The summed E-state index contributed by atoms with van der Waals surface area (Å²) in [6.45, 7) is 4.42. The summed E-state index contributed by atoms with van der Waals surface area (Å²) in [4.78, 5) is 45.8. The number of anilines is 3. The van der Waals surface area contributed by atoms with E-state index >= 15 is 0 Å². The van der Waals surface area contributed by atoms with Crippen LogP contribution in [0.25, 0.3) is 0 Å². The molecule has 3 fully saturated rings. The number of amides is 4. The number of urea groups is 1. The first-order chi connectivity index (χ1) is 16.4. The van der Waals surface area contributed by atoms with Crippen molar-refractivity contribution in [1.82, 2.24) is 20.1 Å². The molecular weight excluding hydrogens is 474 g/mol. The molecule has 0 bridgehead atoms. The summed E-state index contributed by atoms with van der Waals surface area (Å²) >= 11 is 0. The fourth-order valence-corrected chi connectivity index (χ4v) is 6.85. The van der Waals surface area contributed by atoms with Crippen molar-refractivity contribution in [1.29, 1.82) is 0 Å². The first-order valence-corrected chi connectivity index (χ1v) is 13.1. The molecule has 3 saturated heterocycles. The van der Waals surface area contributed by atoms with Crippen LogP contribution in [0.15, 0.2) is 24.4 Å². The normalized spacial score (nSPS) is 24.9. The van der Waals surface area contributed by atoms with E-state index < -0.39 is 32.7 Å². The Morgan fingerprint density at radius 1 is 1.17 bits per heavy atom. The van der Waals surface area contributed by atoms with Crippen LogP contribution < -0.4 is 20.4 Å². The average molecular weight is 502 g/mol. The Labute approximate surface area is 202 Å². The van der Waals surface area contributed by atoms with Gasteiger partial charge < -0.3 is 10.6 Å². The first kappa shape index (κ1) is 23.3. The van der Waals surface area contributed by atoms with Crippen LogP contribution in [0.5, 0.6) is 0 Å². The van der Waals surface area contributed by atoms with Crippen molar-refractivity contribution in [2.24, 2.45) is 12.5 Å².